The highest BCUT2D eigenvalue weighted by Crippen LogP contribution is 2.24. The van der Waals surface area contributed by atoms with Crippen LogP contribution >= 0.6 is 24.0 Å². The molecular weight excluding hydrogens is 465 g/mol. The maximum Gasteiger partial charge on any atom is 0.193 e. The van der Waals surface area contributed by atoms with Crippen molar-refractivity contribution < 1.29 is 9.47 Å². The molecule has 0 saturated carbocycles. The SMILES string of the molecule is Cc1ccc(CN=C(N)Nc2cccc(C(C)C)c2)c(OC2CCOC2)c1.I. The van der Waals surface area contributed by atoms with Gasteiger partial charge in [-0.2, -0.15) is 0 Å². The third kappa shape index (κ3) is 6.38. The molecule has 1 heterocycles. The molecule has 2 aromatic carbocycles. The third-order valence-corrected chi connectivity index (χ3v) is 4.65. The van der Waals surface area contributed by atoms with Gasteiger partial charge in [-0.25, -0.2) is 4.99 Å². The van der Waals surface area contributed by atoms with Crippen molar-refractivity contribution in [2.24, 2.45) is 10.7 Å². The van der Waals surface area contributed by atoms with Crippen LogP contribution in [0.4, 0.5) is 5.69 Å². The van der Waals surface area contributed by atoms with Crippen LogP contribution in [0.25, 0.3) is 0 Å². The topological polar surface area (TPSA) is 68.9 Å². The zero-order valence-corrected chi connectivity index (χ0v) is 19.1. The van der Waals surface area contributed by atoms with Crippen molar-refractivity contribution in [1.29, 1.82) is 0 Å². The molecule has 0 amide bonds. The minimum absolute atomic E-state index is 0. The van der Waals surface area contributed by atoms with Gasteiger partial charge in [0.15, 0.2) is 5.96 Å². The van der Waals surface area contributed by atoms with E-state index in [9.17, 15) is 0 Å². The zero-order chi connectivity index (χ0) is 19.2. The molecule has 0 aromatic heterocycles. The number of rotatable bonds is 6. The van der Waals surface area contributed by atoms with Crippen LogP contribution in [0, 0.1) is 6.92 Å². The van der Waals surface area contributed by atoms with E-state index in [0.717, 1.165) is 35.6 Å². The number of nitrogens with one attached hydrogen (secondary N) is 1. The van der Waals surface area contributed by atoms with Crippen LogP contribution in [0.2, 0.25) is 0 Å². The Kier molecular flexibility index (Phi) is 8.57. The normalized spacial score (nSPS) is 16.7. The van der Waals surface area contributed by atoms with Gasteiger partial charge in [0, 0.05) is 17.7 Å². The predicted molar refractivity (Wildman–Crippen MR) is 126 cm³/mol. The molecule has 6 heteroatoms. The fourth-order valence-corrected chi connectivity index (χ4v) is 3.02. The Morgan fingerprint density at radius 1 is 1.29 bits per heavy atom. The van der Waals surface area contributed by atoms with E-state index in [1.165, 1.54) is 5.56 Å². The van der Waals surface area contributed by atoms with Crippen molar-refractivity contribution in [2.75, 3.05) is 18.5 Å². The Labute approximate surface area is 184 Å². The Bertz CT molecular complexity index is 802. The first-order valence-electron chi connectivity index (χ1n) is 9.52. The minimum Gasteiger partial charge on any atom is -0.488 e. The fraction of sp³-hybridized carbons (Fsp3) is 0.409. The molecule has 0 aliphatic carbocycles. The molecular formula is C22H30IN3O2. The highest BCUT2D eigenvalue weighted by atomic mass is 127. The molecule has 0 spiro atoms. The molecule has 5 nitrogen and oxygen atoms in total. The van der Waals surface area contributed by atoms with E-state index in [-0.39, 0.29) is 30.1 Å². The van der Waals surface area contributed by atoms with Crippen LogP contribution < -0.4 is 15.8 Å². The number of aliphatic imine (C=N–C) groups is 1. The van der Waals surface area contributed by atoms with Crippen molar-refractivity contribution in [3.63, 3.8) is 0 Å². The number of nitrogens with two attached hydrogens (primary N) is 1. The van der Waals surface area contributed by atoms with Gasteiger partial charge in [-0.15, -0.1) is 24.0 Å². The number of halogens is 1. The molecule has 3 N–H and O–H groups in total. The molecule has 1 saturated heterocycles. The van der Waals surface area contributed by atoms with Crippen molar-refractivity contribution >= 4 is 35.6 Å². The van der Waals surface area contributed by atoms with E-state index >= 15 is 0 Å². The Hall–Kier alpha value is -1.80. The largest absolute Gasteiger partial charge is 0.488 e. The van der Waals surface area contributed by atoms with Gasteiger partial charge in [0.05, 0.1) is 19.8 Å². The number of nitrogens with zero attached hydrogens (tertiary/aromatic N) is 1. The van der Waals surface area contributed by atoms with Crippen LogP contribution in [0.3, 0.4) is 0 Å². The van der Waals surface area contributed by atoms with Crippen LogP contribution in [0.15, 0.2) is 47.5 Å². The minimum atomic E-state index is 0. The molecule has 0 bridgehead atoms. The van der Waals surface area contributed by atoms with Gasteiger partial charge in [-0.1, -0.05) is 38.1 Å². The standard InChI is InChI=1S/C22H29N3O2.HI/c1-15(2)17-5-4-6-19(12-17)25-22(23)24-13-18-8-7-16(3)11-21(18)27-20-9-10-26-14-20;/h4-8,11-12,15,20H,9-10,13-14H2,1-3H3,(H3,23,24,25);1H. The van der Waals surface area contributed by atoms with Gasteiger partial charge in [-0.3, -0.25) is 0 Å². The van der Waals surface area contributed by atoms with Crippen molar-refractivity contribution in [3.8, 4) is 5.75 Å². The Morgan fingerprint density at radius 2 is 2.11 bits per heavy atom. The summed E-state index contributed by atoms with van der Waals surface area (Å²) in [6.45, 7) is 8.27. The second-order valence-corrected chi connectivity index (χ2v) is 7.32. The van der Waals surface area contributed by atoms with E-state index in [0.29, 0.717) is 25.0 Å². The molecule has 1 unspecified atom stereocenters. The summed E-state index contributed by atoms with van der Waals surface area (Å²) in [5, 5.41) is 3.18. The lowest BCUT2D eigenvalue weighted by molar-refractivity contribution is 0.140. The zero-order valence-electron chi connectivity index (χ0n) is 16.8. The van der Waals surface area contributed by atoms with E-state index < -0.39 is 0 Å². The summed E-state index contributed by atoms with van der Waals surface area (Å²) < 4.78 is 11.5. The summed E-state index contributed by atoms with van der Waals surface area (Å²) >= 11 is 0. The number of hydrogen-bond donors (Lipinski definition) is 2. The van der Waals surface area contributed by atoms with Crippen molar-refractivity contribution in [2.45, 2.75) is 45.8 Å². The fourth-order valence-electron chi connectivity index (χ4n) is 3.02. The molecule has 3 rings (SSSR count). The summed E-state index contributed by atoms with van der Waals surface area (Å²) in [7, 11) is 0. The second kappa shape index (κ2) is 10.7. The molecule has 28 heavy (non-hydrogen) atoms. The lowest BCUT2D eigenvalue weighted by Gasteiger charge is -2.16. The third-order valence-electron chi connectivity index (χ3n) is 4.65. The smallest absolute Gasteiger partial charge is 0.193 e. The molecule has 152 valence electrons. The molecule has 1 aliphatic rings. The lowest BCUT2D eigenvalue weighted by Crippen LogP contribution is -2.23. The summed E-state index contributed by atoms with van der Waals surface area (Å²) in [6.07, 6.45) is 1.04. The van der Waals surface area contributed by atoms with Crippen LogP contribution in [0.1, 0.15) is 42.9 Å². The molecule has 1 aliphatic heterocycles. The first kappa shape index (κ1) is 22.5. The maximum absolute atomic E-state index is 6.12. The first-order valence-corrected chi connectivity index (χ1v) is 9.52. The lowest BCUT2D eigenvalue weighted by atomic mass is 10.0. The van der Waals surface area contributed by atoms with Gasteiger partial charge in [0.1, 0.15) is 11.9 Å². The van der Waals surface area contributed by atoms with Gasteiger partial charge < -0.3 is 20.5 Å². The average molecular weight is 495 g/mol. The second-order valence-electron chi connectivity index (χ2n) is 7.32. The summed E-state index contributed by atoms with van der Waals surface area (Å²) in [4.78, 5) is 4.50. The van der Waals surface area contributed by atoms with Gasteiger partial charge in [-0.05, 0) is 42.2 Å². The molecule has 1 atom stereocenters. The number of benzene rings is 2. The van der Waals surface area contributed by atoms with E-state index in [4.69, 9.17) is 15.2 Å². The summed E-state index contributed by atoms with van der Waals surface area (Å²) in [6, 6.07) is 14.4. The number of anilines is 1. The van der Waals surface area contributed by atoms with Crippen LogP contribution in [-0.2, 0) is 11.3 Å². The molecule has 2 aromatic rings. The maximum atomic E-state index is 6.12. The van der Waals surface area contributed by atoms with Crippen molar-refractivity contribution in [3.05, 3.63) is 59.2 Å². The van der Waals surface area contributed by atoms with E-state index in [1.54, 1.807) is 0 Å². The number of guanidine groups is 1. The number of ether oxygens (including phenoxy) is 2. The van der Waals surface area contributed by atoms with Crippen LogP contribution in [-0.4, -0.2) is 25.3 Å². The van der Waals surface area contributed by atoms with E-state index in [2.05, 4.69) is 61.4 Å². The average Bonchev–Trinajstić information content (AvgIpc) is 3.14. The van der Waals surface area contributed by atoms with E-state index in [1.807, 2.05) is 12.1 Å². The van der Waals surface area contributed by atoms with Crippen LogP contribution in [0.5, 0.6) is 5.75 Å². The van der Waals surface area contributed by atoms with Gasteiger partial charge in [0.2, 0.25) is 0 Å². The summed E-state index contributed by atoms with van der Waals surface area (Å²) in [5.74, 6) is 1.73. The highest BCUT2D eigenvalue weighted by Gasteiger charge is 2.18. The number of aryl methyl sites for hydroxylation is 1. The Balaban J connectivity index is 0.00000280. The van der Waals surface area contributed by atoms with Gasteiger partial charge in [0.25, 0.3) is 0 Å². The van der Waals surface area contributed by atoms with Gasteiger partial charge >= 0.3 is 0 Å². The monoisotopic (exact) mass is 495 g/mol. The molecule has 0 radical (unpaired) electrons. The highest BCUT2D eigenvalue weighted by molar-refractivity contribution is 14.0. The summed E-state index contributed by atoms with van der Waals surface area (Å²) in [5.41, 5.74) is 10.5. The predicted octanol–water partition coefficient (Wildman–Crippen LogP) is 4.83. The quantitative estimate of drug-likeness (QED) is 0.342. The Morgan fingerprint density at radius 3 is 2.82 bits per heavy atom. The van der Waals surface area contributed by atoms with Crippen molar-refractivity contribution in [1.82, 2.24) is 0 Å². The number of hydrogen-bond acceptors (Lipinski definition) is 3. The first-order chi connectivity index (χ1) is 13.0. The molecule has 1 fully saturated rings.